The fraction of sp³-hybridized carbons (Fsp3) is 0.650. The van der Waals surface area contributed by atoms with Gasteiger partial charge in [-0.3, -0.25) is 9.89 Å². The molecule has 0 aliphatic carbocycles. The van der Waals surface area contributed by atoms with Crippen LogP contribution in [0.5, 0.6) is 5.75 Å². The second-order valence-corrected chi connectivity index (χ2v) is 7.26. The van der Waals surface area contributed by atoms with Crippen LogP contribution in [0.1, 0.15) is 38.8 Å². The molecule has 1 aromatic rings. The molecular formula is C20H33FN4O2. The van der Waals surface area contributed by atoms with E-state index in [1.54, 1.807) is 7.05 Å². The predicted molar refractivity (Wildman–Crippen MR) is 107 cm³/mol. The molecule has 1 aromatic carbocycles. The van der Waals surface area contributed by atoms with Gasteiger partial charge in [0.25, 0.3) is 0 Å². The Morgan fingerprint density at radius 2 is 1.89 bits per heavy atom. The first-order valence-electron chi connectivity index (χ1n) is 9.64. The van der Waals surface area contributed by atoms with Crippen molar-refractivity contribution < 1.29 is 13.9 Å². The Morgan fingerprint density at radius 1 is 1.19 bits per heavy atom. The fourth-order valence-corrected chi connectivity index (χ4v) is 3.39. The molecule has 0 radical (unpaired) electrons. The van der Waals surface area contributed by atoms with Gasteiger partial charge in [0.15, 0.2) is 12.8 Å². The largest absolute Gasteiger partial charge is 0.467 e. The van der Waals surface area contributed by atoms with E-state index < -0.39 is 0 Å². The van der Waals surface area contributed by atoms with Crippen molar-refractivity contribution in [2.45, 2.75) is 52.8 Å². The summed E-state index contributed by atoms with van der Waals surface area (Å²) in [6, 6.07) is 4.02. The van der Waals surface area contributed by atoms with E-state index in [4.69, 9.17) is 9.47 Å². The zero-order valence-electron chi connectivity index (χ0n) is 17.1. The second-order valence-electron chi connectivity index (χ2n) is 7.26. The van der Waals surface area contributed by atoms with Gasteiger partial charge in [0.05, 0.1) is 6.61 Å². The minimum atomic E-state index is -0.261. The van der Waals surface area contributed by atoms with E-state index in [9.17, 15) is 4.39 Å². The van der Waals surface area contributed by atoms with Gasteiger partial charge in [0, 0.05) is 44.3 Å². The zero-order chi connectivity index (χ0) is 19.8. The number of nitrogens with zero attached hydrogens (tertiary/aromatic N) is 2. The summed E-state index contributed by atoms with van der Waals surface area (Å²) >= 11 is 0. The van der Waals surface area contributed by atoms with Crippen molar-refractivity contribution in [2.24, 2.45) is 4.99 Å². The average Bonchev–Trinajstić information content (AvgIpc) is 2.62. The normalized spacial score (nSPS) is 14.5. The lowest BCUT2D eigenvalue weighted by Gasteiger charge is -2.30. The van der Waals surface area contributed by atoms with Gasteiger partial charge in [-0.05, 0) is 51.8 Å². The lowest BCUT2D eigenvalue weighted by molar-refractivity contribution is -0.0172. The van der Waals surface area contributed by atoms with Gasteiger partial charge in [-0.25, -0.2) is 4.39 Å². The molecule has 152 valence electrons. The maximum atomic E-state index is 13.8. The number of hydrogen-bond donors (Lipinski definition) is 2. The monoisotopic (exact) mass is 380 g/mol. The number of rotatable bonds is 8. The van der Waals surface area contributed by atoms with Crippen molar-refractivity contribution in [1.29, 1.82) is 0 Å². The van der Waals surface area contributed by atoms with Crippen LogP contribution in [-0.2, 0) is 17.8 Å². The maximum Gasteiger partial charge on any atom is 0.191 e. The first-order valence-corrected chi connectivity index (χ1v) is 9.64. The van der Waals surface area contributed by atoms with Gasteiger partial charge in [-0.15, -0.1) is 0 Å². The zero-order valence-corrected chi connectivity index (χ0v) is 17.1. The SMILES string of the molecule is CN=C(NCCc1cc(F)cc2c1OCOC2)NCCN(C(C)C)C(C)C. The van der Waals surface area contributed by atoms with E-state index in [1.165, 1.54) is 12.1 Å². The van der Waals surface area contributed by atoms with Crippen LogP contribution in [0, 0.1) is 5.82 Å². The van der Waals surface area contributed by atoms with Gasteiger partial charge in [-0.1, -0.05) is 0 Å². The predicted octanol–water partition coefficient (Wildman–Crippen LogP) is 2.52. The molecule has 1 aliphatic rings. The molecule has 6 nitrogen and oxygen atoms in total. The quantitative estimate of drug-likeness (QED) is 0.536. The molecule has 0 saturated heterocycles. The minimum absolute atomic E-state index is 0.213. The lowest BCUT2D eigenvalue weighted by Crippen LogP contribution is -2.45. The fourth-order valence-electron chi connectivity index (χ4n) is 3.39. The van der Waals surface area contributed by atoms with Crippen LogP contribution in [0.4, 0.5) is 4.39 Å². The topological polar surface area (TPSA) is 58.1 Å². The number of guanidine groups is 1. The minimum Gasteiger partial charge on any atom is -0.467 e. The summed E-state index contributed by atoms with van der Waals surface area (Å²) in [4.78, 5) is 6.69. The molecule has 1 aliphatic heterocycles. The van der Waals surface area contributed by atoms with Gasteiger partial charge >= 0.3 is 0 Å². The highest BCUT2D eigenvalue weighted by Crippen LogP contribution is 2.29. The van der Waals surface area contributed by atoms with Crippen LogP contribution in [0.2, 0.25) is 0 Å². The van der Waals surface area contributed by atoms with E-state index in [0.29, 0.717) is 31.7 Å². The van der Waals surface area contributed by atoms with Crippen molar-refractivity contribution in [3.05, 3.63) is 29.1 Å². The number of benzene rings is 1. The molecule has 2 N–H and O–H groups in total. The number of hydrogen-bond acceptors (Lipinski definition) is 4. The third-order valence-corrected chi connectivity index (χ3v) is 4.65. The molecule has 0 atom stereocenters. The Bertz CT molecular complexity index is 627. The van der Waals surface area contributed by atoms with E-state index >= 15 is 0 Å². The van der Waals surface area contributed by atoms with Gasteiger partial charge in [0.1, 0.15) is 11.6 Å². The summed E-state index contributed by atoms with van der Waals surface area (Å²) in [5.74, 6) is 1.23. The molecule has 0 unspecified atom stereocenters. The molecular weight excluding hydrogens is 347 g/mol. The molecule has 0 saturated carbocycles. The number of ether oxygens (including phenoxy) is 2. The standard InChI is InChI=1S/C20H33FN4O2/c1-14(2)25(15(3)4)9-8-24-20(22-5)23-7-6-16-10-18(21)11-17-12-26-13-27-19(16)17/h10-11,14-15H,6-9,12-13H2,1-5H3,(H2,22,23,24). The molecule has 27 heavy (non-hydrogen) atoms. The Labute approximate surface area is 162 Å². The molecule has 7 heteroatoms. The third kappa shape index (κ3) is 6.36. The van der Waals surface area contributed by atoms with Crippen molar-refractivity contribution >= 4 is 5.96 Å². The van der Waals surface area contributed by atoms with E-state index in [-0.39, 0.29) is 12.6 Å². The number of fused-ring (bicyclic) bond motifs is 1. The van der Waals surface area contributed by atoms with Crippen molar-refractivity contribution in [3.8, 4) is 5.75 Å². The van der Waals surface area contributed by atoms with Crippen molar-refractivity contribution in [1.82, 2.24) is 15.5 Å². The first-order chi connectivity index (χ1) is 12.9. The van der Waals surface area contributed by atoms with Gasteiger partial charge in [0.2, 0.25) is 0 Å². The van der Waals surface area contributed by atoms with Crippen LogP contribution < -0.4 is 15.4 Å². The van der Waals surface area contributed by atoms with Crippen LogP contribution in [0.3, 0.4) is 0 Å². The Morgan fingerprint density at radius 3 is 2.56 bits per heavy atom. The van der Waals surface area contributed by atoms with E-state index in [2.05, 4.69) is 48.2 Å². The van der Waals surface area contributed by atoms with E-state index in [1.807, 2.05) is 0 Å². The number of aliphatic imine (C=N–C) groups is 1. The summed E-state index contributed by atoms with van der Waals surface area (Å²) in [5.41, 5.74) is 1.61. The van der Waals surface area contributed by atoms with E-state index in [0.717, 1.165) is 35.9 Å². The number of nitrogens with one attached hydrogen (secondary N) is 2. The highest BCUT2D eigenvalue weighted by atomic mass is 19.1. The van der Waals surface area contributed by atoms with Crippen LogP contribution in [-0.4, -0.2) is 56.4 Å². The Kier molecular flexibility index (Phi) is 8.31. The maximum absolute atomic E-state index is 13.8. The molecule has 1 heterocycles. The summed E-state index contributed by atoms with van der Waals surface area (Å²) in [5, 5.41) is 6.63. The molecule has 0 amide bonds. The van der Waals surface area contributed by atoms with Gasteiger partial charge < -0.3 is 20.1 Å². The highest BCUT2D eigenvalue weighted by molar-refractivity contribution is 5.79. The Hall–Kier alpha value is -1.86. The molecule has 0 bridgehead atoms. The Balaban J connectivity index is 1.82. The smallest absolute Gasteiger partial charge is 0.191 e. The number of halogens is 1. The van der Waals surface area contributed by atoms with Crippen LogP contribution in [0.25, 0.3) is 0 Å². The molecule has 0 fully saturated rings. The second kappa shape index (κ2) is 10.5. The lowest BCUT2D eigenvalue weighted by atomic mass is 10.1. The van der Waals surface area contributed by atoms with Crippen LogP contribution >= 0.6 is 0 Å². The molecule has 2 rings (SSSR count). The molecule has 0 aromatic heterocycles. The third-order valence-electron chi connectivity index (χ3n) is 4.65. The highest BCUT2D eigenvalue weighted by Gasteiger charge is 2.17. The first kappa shape index (κ1) is 21.4. The van der Waals surface area contributed by atoms with Crippen molar-refractivity contribution in [3.63, 3.8) is 0 Å². The van der Waals surface area contributed by atoms with Gasteiger partial charge in [-0.2, -0.15) is 0 Å². The molecule has 0 spiro atoms. The van der Waals surface area contributed by atoms with Crippen molar-refractivity contribution in [2.75, 3.05) is 33.5 Å². The summed E-state index contributed by atoms with van der Waals surface area (Å²) in [6.45, 7) is 11.8. The summed E-state index contributed by atoms with van der Waals surface area (Å²) in [7, 11) is 1.75. The summed E-state index contributed by atoms with van der Waals surface area (Å²) in [6.07, 6.45) is 0.644. The summed E-state index contributed by atoms with van der Waals surface area (Å²) < 4.78 is 24.6. The van der Waals surface area contributed by atoms with Crippen LogP contribution in [0.15, 0.2) is 17.1 Å². The average molecular weight is 381 g/mol.